The summed E-state index contributed by atoms with van der Waals surface area (Å²) in [6.45, 7) is 3.43. The van der Waals surface area contributed by atoms with Gasteiger partial charge in [-0.1, -0.05) is 6.92 Å². The lowest BCUT2D eigenvalue weighted by Crippen LogP contribution is -2.24. The molecule has 0 saturated heterocycles. The van der Waals surface area contributed by atoms with Crippen LogP contribution in [0.2, 0.25) is 0 Å². The average Bonchev–Trinajstić information content (AvgIpc) is 2.90. The molecule has 1 atom stereocenters. The summed E-state index contributed by atoms with van der Waals surface area (Å²) in [5.41, 5.74) is 1.33. The van der Waals surface area contributed by atoms with Gasteiger partial charge in [-0.3, -0.25) is 4.68 Å². The van der Waals surface area contributed by atoms with Crippen molar-refractivity contribution in [3.63, 3.8) is 0 Å². The Labute approximate surface area is 85.5 Å². The van der Waals surface area contributed by atoms with Crippen LogP contribution in [-0.4, -0.2) is 22.4 Å². The molecule has 2 rings (SSSR count). The zero-order chi connectivity index (χ0) is 9.97. The fourth-order valence-corrected chi connectivity index (χ4v) is 1.69. The van der Waals surface area contributed by atoms with Crippen LogP contribution >= 0.6 is 0 Å². The molecule has 0 aromatic carbocycles. The van der Waals surface area contributed by atoms with Crippen LogP contribution in [-0.2, 0) is 13.5 Å². The van der Waals surface area contributed by atoms with Gasteiger partial charge in [0.1, 0.15) is 0 Å². The predicted molar refractivity (Wildman–Crippen MR) is 57.1 cm³/mol. The third-order valence-corrected chi connectivity index (χ3v) is 2.81. The van der Waals surface area contributed by atoms with Crippen molar-refractivity contribution in [2.45, 2.75) is 32.2 Å². The Hall–Kier alpha value is -0.830. The quantitative estimate of drug-likeness (QED) is 0.765. The fourth-order valence-electron chi connectivity index (χ4n) is 1.69. The lowest BCUT2D eigenvalue weighted by Gasteiger charge is -2.12. The van der Waals surface area contributed by atoms with Crippen molar-refractivity contribution in [1.29, 1.82) is 0 Å². The van der Waals surface area contributed by atoms with Crippen LogP contribution in [0.1, 0.15) is 25.5 Å². The summed E-state index contributed by atoms with van der Waals surface area (Å²) in [6, 6.07) is 2.93. The molecule has 3 nitrogen and oxygen atoms in total. The summed E-state index contributed by atoms with van der Waals surface area (Å²) in [7, 11) is 2.01. The summed E-state index contributed by atoms with van der Waals surface area (Å²) in [5.74, 6) is 0.700. The highest BCUT2D eigenvalue weighted by Gasteiger charge is 2.20. The number of nitrogens with one attached hydrogen (secondary N) is 1. The van der Waals surface area contributed by atoms with Crippen LogP contribution in [0.15, 0.2) is 12.3 Å². The molecule has 1 aromatic rings. The van der Waals surface area contributed by atoms with Crippen LogP contribution in [0, 0.1) is 5.92 Å². The van der Waals surface area contributed by atoms with E-state index in [4.69, 9.17) is 0 Å². The van der Waals surface area contributed by atoms with Gasteiger partial charge in [-0.15, -0.1) is 0 Å². The van der Waals surface area contributed by atoms with E-state index in [1.165, 1.54) is 18.5 Å². The van der Waals surface area contributed by atoms with Crippen molar-refractivity contribution in [2.75, 3.05) is 6.54 Å². The molecule has 1 aliphatic rings. The predicted octanol–water partition coefficient (Wildman–Crippen LogP) is 1.35. The maximum atomic E-state index is 4.17. The molecule has 0 aliphatic heterocycles. The van der Waals surface area contributed by atoms with E-state index in [1.54, 1.807) is 0 Å². The van der Waals surface area contributed by atoms with Crippen LogP contribution in [0.3, 0.4) is 0 Å². The van der Waals surface area contributed by atoms with Crippen LogP contribution < -0.4 is 5.32 Å². The molecular weight excluding hydrogens is 174 g/mol. The van der Waals surface area contributed by atoms with Crippen molar-refractivity contribution < 1.29 is 0 Å². The molecule has 0 amide bonds. The van der Waals surface area contributed by atoms with Crippen molar-refractivity contribution >= 4 is 0 Å². The minimum absolute atomic E-state index is 0.700. The molecular formula is C11H19N3. The molecule has 1 fully saturated rings. The Kier molecular flexibility index (Phi) is 2.87. The SMILES string of the molecule is CC(CNC1CC1)Cc1ccnn1C. The standard InChI is InChI=1S/C11H19N3/c1-9(8-12-10-3-4-10)7-11-5-6-13-14(11)2/h5-6,9-10,12H,3-4,7-8H2,1-2H3. The first-order chi connectivity index (χ1) is 6.75. The zero-order valence-electron chi connectivity index (χ0n) is 9.03. The first-order valence-corrected chi connectivity index (χ1v) is 5.46. The second-order valence-electron chi connectivity index (χ2n) is 4.44. The third-order valence-electron chi connectivity index (χ3n) is 2.81. The molecule has 14 heavy (non-hydrogen) atoms. The van der Waals surface area contributed by atoms with Crippen molar-refractivity contribution in [3.05, 3.63) is 18.0 Å². The van der Waals surface area contributed by atoms with Crippen LogP contribution in [0.25, 0.3) is 0 Å². The number of hydrogen-bond donors (Lipinski definition) is 1. The molecule has 1 unspecified atom stereocenters. The molecule has 1 N–H and O–H groups in total. The summed E-state index contributed by atoms with van der Waals surface area (Å²) in [6.07, 6.45) is 5.74. The second-order valence-corrected chi connectivity index (χ2v) is 4.44. The third kappa shape index (κ3) is 2.58. The number of nitrogens with zero attached hydrogens (tertiary/aromatic N) is 2. The summed E-state index contributed by atoms with van der Waals surface area (Å²) >= 11 is 0. The monoisotopic (exact) mass is 193 g/mol. The topological polar surface area (TPSA) is 29.9 Å². The molecule has 0 bridgehead atoms. The van der Waals surface area contributed by atoms with Gasteiger partial charge in [0, 0.05) is 25.0 Å². The second kappa shape index (κ2) is 4.13. The van der Waals surface area contributed by atoms with Gasteiger partial charge >= 0.3 is 0 Å². The summed E-state index contributed by atoms with van der Waals surface area (Å²) in [5, 5.41) is 7.73. The number of aryl methyl sites for hydroxylation is 1. The van der Waals surface area contributed by atoms with E-state index in [-0.39, 0.29) is 0 Å². The van der Waals surface area contributed by atoms with E-state index in [0.29, 0.717) is 5.92 Å². The minimum atomic E-state index is 0.700. The van der Waals surface area contributed by atoms with Crippen molar-refractivity contribution in [3.8, 4) is 0 Å². The fraction of sp³-hybridized carbons (Fsp3) is 0.727. The lowest BCUT2D eigenvalue weighted by atomic mass is 10.1. The van der Waals surface area contributed by atoms with Crippen LogP contribution in [0.4, 0.5) is 0 Å². The number of rotatable bonds is 5. The van der Waals surface area contributed by atoms with Gasteiger partial charge in [-0.2, -0.15) is 5.10 Å². The van der Waals surface area contributed by atoms with Gasteiger partial charge in [0.05, 0.1) is 0 Å². The average molecular weight is 193 g/mol. The van der Waals surface area contributed by atoms with Crippen LogP contribution in [0.5, 0.6) is 0 Å². The molecule has 0 radical (unpaired) electrons. The van der Waals surface area contributed by atoms with Gasteiger partial charge in [0.15, 0.2) is 0 Å². The molecule has 3 heteroatoms. The number of hydrogen-bond acceptors (Lipinski definition) is 2. The number of aromatic nitrogens is 2. The molecule has 78 valence electrons. The maximum Gasteiger partial charge on any atom is 0.0492 e. The highest BCUT2D eigenvalue weighted by Crippen LogP contribution is 2.19. The Morgan fingerprint density at radius 3 is 3.00 bits per heavy atom. The van der Waals surface area contributed by atoms with E-state index >= 15 is 0 Å². The normalized spacial score (nSPS) is 18.4. The highest BCUT2D eigenvalue weighted by atomic mass is 15.2. The van der Waals surface area contributed by atoms with E-state index < -0.39 is 0 Å². The van der Waals surface area contributed by atoms with Gasteiger partial charge < -0.3 is 5.32 Å². The van der Waals surface area contributed by atoms with E-state index in [0.717, 1.165) is 19.0 Å². The zero-order valence-corrected chi connectivity index (χ0v) is 9.03. The smallest absolute Gasteiger partial charge is 0.0492 e. The molecule has 1 saturated carbocycles. The van der Waals surface area contributed by atoms with E-state index in [1.807, 2.05) is 17.9 Å². The Bertz CT molecular complexity index is 288. The summed E-state index contributed by atoms with van der Waals surface area (Å²) < 4.78 is 1.97. The highest BCUT2D eigenvalue weighted by molar-refractivity contribution is 5.01. The van der Waals surface area contributed by atoms with E-state index in [9.17, 15) is 0 Å². The molecule has 0 spiro atoms. The molecule has 1 heterocycles. The van der Waals surface area contributed by atoms with Gasteiger partial charge in [-0.05, 0) is 37.8 Å². The Morgan fingerprint density at radius 2 is 2.43 bits per heavy atom. The molecule has 1 aromatic heterocycles. The van der Waals surface area contributed by atoms with Gasteiger partial charge in [0.2, 0.25) is 0 Å². The Morgan fingerprint density at radius 1 is 1.64 bits per heavy atom. The molecule has 1 aliphatic carbocycles. The van der Waals surface area contributed by atoms with Gasteiger partial charge in [-0.25, -0.2) is 0 Å². The summed E-state index contributed by atoms with van der Waals surface area (Å²) in [4.78, 5) is 0. The first kappa shape index (κ1) is 9.71. The van der Waals surface area contributed by atoms with Crippen molar-refractivity contribution in [1.82, 2.24) is 15.1 Å². The van der Waals surface area contributed by atoms with Crippen molar-refractivity contribution in [2.24, 2.45) is 13.0 Å². The maximum absolute atomic E-state index is 4.17. The largest absolute Gasteiger partial charge is 0.314 e. The van der Waals surface area contributed by atoms with E-state index in [2.05, 4.69) is 23.4 Å². The Balaban J connectivity index is 1.75. The first-order valence-electron chi connectivity index (χ1n) is 5.46. The lowest BCUT2D eigenvalue weighted by molar-refractivity contribution is 0.493. The minimum Gasteiger partial charge on any atom is -0.314 e. The van der Waals surface area contributed by atoms with Gasteiger partial charge in [0.25, 0.3) is 0 Å².